The summed E-state index contributed by atoms with van der Waals surface area (Å²) >= 11 is 0. The third kappa shape index (κ3) is 2.90. The van der Waals surface area contributed by atoms with Crippen LogP contribution >= 0.6 is 0 Å². The maximum atomic E-state index is 13.1. The lowest BCUT2D eigenvalue weighted by atomic mass is 9.97. The van der Waals surface area contributed by atoms with Gasteiger partial charge in [-0.25, -0.2) is 9.18 Å². The molecule has 1 aromatic rings. The van der Waals surface area contributed by atoms with E-state index in [1.807, 2.05) is 38.1 Å². The number of hydrogen-bond acceptors (Lipinski definition) is 2. The van der Waals surface area contributed by atoms with Gasteiger partial charge in [-0.15, -0.1) is 0 Å². The molecule has 0 saturated carbocycles. The summed E-state index contributed by atoms with van der Waals surface area (Å²) in [5, 5.41) is 2.93. The zero-order valence-corrected chi connectivity index (χ0v) is 13.5. The van der Waals surface area contributed by atoms with Crippen LogP contribution in [0.4, 0.5) is 14.9 Å². The van der Waals surface area contributed by atoms with Crippen molar-refractivity contribution in [1.29, 1.82) is 0 Å². The first kappa shape index (κ1) is 15.8. The third-order valence-corrected chi connectivity index (χ3v) is 4.76. The second kappa shape index (κ2) is 6.18. The fraction of sp³-hybridized carbons (Fsp3) is 0.529. The molecule has 2 heterocycles. The Morgan fingerprint density at radius 2 is 2.09 bits per heavy atom. The van der Waals surface area contributed by atoms with Gasteiger partial charge in [0.2, 0.25) is 5.91 Å². The first-order valence-electron chi connectivity index (χ1n) is 8.09. The van der Waals surface area contributed by atoms with Crippen LogP contribution < -0.4 is 5.32 Å². The Balaban J connectivity index is 1.93. The molecule has 1 saturated heterocycles. The number of halogens is 1. The van der Waals surface area contributed by atoms with Gasteiger partial charge >= 0.3 is 6.03 Å². The average Bonchev–Trinajstić information content (AvgIpc) is 2.66. The van der Waals surface area contributed by atoms with E-state index in [1.54, 1.807) is 4.90 Å². The summed E-state index contributed by atoms with van der Waals surface area (Å²) in [6.07, 6.45) is -0.168. The molecule has 5 nitrogen and oxygen atoms in total. The Bertz CT molecular complexity index is 616. The van der Waals surface area contributed by atoms with Gasteiger partial charge in [-0.1, -0.05) is 38.5 Å². The molecule has 124 valence electrons. The van der Waals surface area contributed by atoms with E-state index >= 15 is 0 Å². The molecule has 0 radical (unpaired) electrons. The predicted molar refractivity (Wildman–Crippen MR) is 85.7 cm³/mol. The van der Waals surface area contributed by atoms with Crippen LogP contribution in [0.25, 0.3) is 0 Å². The number of hydrogen-bond donors (Lipinski definition) is 1. The number of nitrogens with one attached hydrogen (secondary N) is 1. The van der Waals surface area contributed by atoms with Gasteiger partial charge in [0.25, 0.3) is 0 Å². The van der Waals surface area contributed by atoms with Crippen LogP contribution in [0.3, 0.4) is 0 Å². The van der Waals surface area contributed by atoms with E-state index in [0.717, 1.165) is 17.7 Å². The van der Waals surface area contributed by atoms with Crippen molar-refractivity contribution in [3.8, 4) is 0 Å². The van der Waals surface area contributed by atoms with Crippen LogP contribution in [0, 0.1) is 5.92 Å². The SMILES string of the molecule is CC[C@H](C)[C@H]1C(=O)Nc2ccccc2CN1C(=O)N1CC(F)C1. The summed E-state index contributed by atoms with van der Waals surface area (Å²) in [4.78, 5) is 28.5. The smallest absolute Gasteiger partial charge is 0.321 e. The molecule has 0 aliphatic carbocycles. The van der Waals surface area contributed by atoms with Crippen molar-refractivity contribution >= 4 is 17.6 Å². The Morgan fingerprint density at radius 1 is 1.39 bits per heavy atom. The Kier molecular flexibility index (Phi) is 4.24. The summed E-state index contributed by atoms with van der Waals surface area (Å²) in [6.45, 7) is 4.56. The van der Waals surface area contributed by atoms with Crippen molar-refractivity contribution < 1.29 is 14.0 Å². The van der Waals surface area contributed by atoms with Crippen LogP contribution in [0.15, 0.2) is 24.3 Å². The van der Waals surface area contributed by atoms with Gasteiger partial charge in [0.05, 0.1) is 19.6 Å². The van der Waals surface area contributed by atoms with E-state index in [9.17, 15) is 14.0 Å². The minimum Gasteiger partial charge on any atom is -0.324 e. The summed E-state index contributed by atoms with van der Waals surface area (Å²) in [5.74, 6) is -0.148. The molecule has 3 amide bonds. The molecule has 6 heteroatoms. The van der Waals surface area contributed by atoms with Gasteiger partial charge in [0.1, 0.15) is 12.2 Å². The van der Waals surface area contributed by atoms with Gasteiger partial charge in [0, 0.05) is 5.69 Å². The summed E-state index contributed by atoms with van der Waals surface area (Å²) in [7, 11) is 0. The molecule has 2 atom stereocenters. The second-order valence-corrected chi connectivity index (χ2v) is 6.39. The van der Waals surface area contributed by atoms with Crippen molar-refractivity contribution in [2.45, 2.75) is 39.0 Å². The highest BCUT2D eigenvalue weighted by Gasteiger charge is 2.41. The lowest BCUT2D eigenvalue weighted by Crippen LogP contribution is -2.60. The normalized spacial score (nSPS) is 22.7. The monoisotopic (exact) mass is 319 g/mol. The maximum Gasteiger partial charge on any atom is 0.321 e. The number of nitrogens with zero attached hydrogens (tertiary/aromatic N) is 2. The van der Waals surface area contributed by atoms with Crippen LogP contribution in [0.5, 0.6) is 0 Å². The van der Waals surface area contributed by atoms with Crippen LogP contribution in [-0.4, -0.2) is 47.0 Å². The summed E-state index contributed by atoms with van der Waals surface area (Å²) in [6, 6.07) is 6.70. The van der Waals surface area contributed by atoms with Gasteiger partial charge in [-0.2, -0.15) is 0 Å². The highest BCUT2D eigenvalue weighted by Crippen LogP contribution is 2.29. The number of benzene rings is 1. The molecule has 1 N–H and O–H groups in total. The van der Waals surface area contributed by atoms with E-state index in [1.165, 1.54) is 4.90 Å². The van der Waals surface area contributed by atoms with Crippen LogP contribution in [0.2, 0.25) is 0 Å². The average molecular weight is 319 g/mol. The van der Waals surface area contributed by atoms with Crippen molar-refractivity contribution in [2.24, 2.45) is 5.92 Å². The quantitative estimate of drug-likeness (QED) is 0.911. The summed E-state index contributed by atoms with van der Waals surface area (Å²) in [5.41, 5.74) is 1.64. The number of carbonyl (C=O) groups excluding carboxylic acids is 2. The van der Waals surface area contributed by atoms with Crippen molar-refractivity contribution in [1.82, 2.24) is 9.80 Å². The highest BCUT2D eigenvalue weighted by molar-refractivity contribution is 5.98. The topological polar surface area (TPSA) is 52.7 Å². The van der Waals surface area contributed by atoms with Crippen molar-refractivity contribution in [3.05, 3.63) is 29.8 Å². The number of rotatable bonds is 2. The highest BCUT2D eigenvalue weighted by atomic mass is 19.1. The van der Waals surface area contributed by atoms with Crippen LogP contribution in [-0.2, 0) is 11.3 Å². The number of amides is 3. The molecule has 0 bridgehead atoms. The fourth-order valence-corrected chi connectivity index (χ4v) is 3.15. The number of anilines is 1. The standard InChI is InChI=1S/C17H22FN3O2/c1-3-11(2)15-16(22)19-14-7-5-4-6-12(14)8-21(15)17(23)20-9-13(18)10-20/h4-7,11,13,15H,3,8-10H2,1-2H3,(H,19,22)/t11-,15-/m0/s1. The molecule has 23 heavy (non-hydrogen) atoms. The fourth-order valence-electron chi connectivity index (χ4n) is 3.15. The molecular weight excluding hydrogens is 297 g/mol. The molecule has 1 fully saturated rings. The Morgan fingerprint density at radius 3 is 2.74 bits per heavy atom. The minimum atomic E-state index is -0.950. The minimum absolute atomic E-state index is 0.0238. The molecule has 1 aromatic carbocycles. The molecule has 2 aliphatic heterocycles. The number of para-hydroxylation sites is 1. The molecule has 0 spiro atoms. The molecular formula is C17H22FN3O2. The van der Waals surface area contributed by atoms with E-state index in [-0.39, 0.29) is 30.9 Å². The third-order valence-electron chi connectivity index (χ3n) is 4.76. The molecule has 0 aromatic heterocycles. The number of carbonyl (C=O) groups is 2. The summed E-state index contributed by atoms with van der Waals surface area (Å²) < 4.78 is 13.1. The molecule has 3 rings (SSSR count). The second-order valence-electron chi connectivity index (χ2n) is 6.39. The maximum absolute atomic E-state index is 13.1. The van der Waals surface area contributed by atoms with E-state index in [4.69, 9.17) is 0 Å². The lowest BCUT2D eigenvalue weighted by molar-refractivity contribution is -0.122. The number of urea groups is 1. The molecule has 0 unspecified atom stereocenters. The zero-order chi connectivity index (χ0) is 16.6. The number of fused-ring (bicyclic) bond motifs is 1. The van der Waals surface area contributed by atoms with Gasteiger partial charge in [0.15, 0.2) is 0 Å². The molecule has 2 aliphatic rings. The lowest BCUT2D eigenvalue weighted by Gasteiger charge is -2.41. The Hall–Kier alpha value is -2.11. The van der Waals surface area contributed by atoms with E-state index in [2.05, 4.69) is 5.32 Å². The predicted octanol–water partition coefficient (Wildman–Crippen LogP) is 2.63. The largest absolute Gasteiger partial charge is 0.324 e. The zero-order valence-electron chi connectivity index (χ0n) is 13.5. The van der Waals surface area contributed by atoms with Crippen molar-refractivity contribution in [3.63, 3.8) is 0 Å². The van der Waals surface area contributed by atoms with E-state index < -0.39 is 12.2 Å². The first-order valence-corrected chi connectivity index (χ1v) is 8.09. The first-order chi connectivity index (χ1) is 11.0. The Labute approximate surface area is 135 Å². The number of alkyl halides is 1. The van der Waals surface area contributed by atoms with Crippen LogP contribution in [0.1, 0.15) is 25.8 Å². The van der Waals surface area contributed by atoms with Gasteiger partial charge < -0.3 is 15.1 Å². The van der Waals surface area contributed by atoms with Gasteiger partial charge in [-0.3, -0.25) is 4.79 Å². The van der Waals surface area contributed by atoms with E-state index in [0.29, 0.717) is 6.54 Å². The van der Waals surface area contributed by atoms with Gasteiger partial charge in [-0.05, 0) is 17.5 Å². The number of likely N-dealkylation sites (tertiary alicyclic amines) is 1. The van der Waals surface area contributed by atoms with Crippen molar-refractivity contribution in [2.75, 3.05) is 18.4 Å².